The number of benzene rings is 1. The molecule has 0 amide bonds. The van der Waals surface area contributed by atoms with E-state index in [0.29, 0.717) is 6.04 Å². The van der Waals surface area contributed by atoms with E-state index in [9.17, 15) is 0 Å². The van der Waals surface area contributed by atoms with E-state index >= 15 is 0 Å². The molecule has 0 unspecified atom stereocenters. The third-order valence-electron chi connectivity index (χ3n) is 2.29. The van der Waals surface area contributed by atoms with Crippen molar-refractivity contribution in [3.63, 3.8) is 0 Å². The predicted octanol–water partition coefficient (Wildman–Crippen LogP) is 3.77. The Balaban J connectivity index is 0.000000245. The normalized spacial score (nSPS) is 18.3. The highest BCUT2D eigenvalue weighted by Crippen LogP contribution is 2.30. The second kappa shape index (κ2) is 6.19. The second-order valence-corrected chi connectivity index (χ2v) is 4.91. The minimum Gasteiger partial charge on any atom is -0.259 e. The van der Waals surface area contributed by atoms with Crippen molar-refractivity contribution in [1.29, 1.82) is 0 Å². The molecule has 1 aliphatic carbocycles. The maximum Gasteiger partial charge on any atom is 0.0425 e. The molecule has 2 rings (SSSR count). The van der Waals surface area contributed by atoms with E-state index in [-0.39, 0.29) is 0 Å². The Kier molecular flexibility index (Phi) is 5.20. The summed E-state index contributed by atoms with van der Waals surface area (Å²) < 4.78 is 3.01. The highest BCUT2D eigenvalue weighted by Gasteiger charge is 2.19. The van der Waals surface area contributed by atoms with Crippen molar-refractivity contribution in [2.75, 3.05) is 0 Å². The van der Waals surface area contributed by atoms with Crippen LogP contribution in [0.2, 0.25) is 0 Å². The van der Waals surface area contributed by atoms with Crippen molar-refractivity contribution >= 4 is 12.8 Å². The molecule has 1 atom stereocenters. The average Bonchev–Trinajstić information content (AvgIpc) is 2.59. The van der Waals surface area contributed by atoms with Crippen molar-refractivity contribution in [3.8, 4) is 0 Å². The molecule has 1 aliphatic rings. The van der Waals surface area contributed by atoms with Gasteiger partial charge in [0.15, 0.2) is 0 Å². The van der Waals surface area contributed by atoms with E-state index < -0.39 is 0 Å². The van der Waals surface area contributed by atoms with E-state index in [2.05, 4.69) is 62.6 Å². The van der Waals surface area contributed by atoms with Gasteiger partial charge in [-0.05, 0) is 29.9 Å². The van der Waals surface area contributed by atoms with Gasteiger partial charge in [0.2, 0.25) is 0 Å². The standard InChI is InChI=1S/C9H11NS.C4H10/c11-10-9-6-5-7-3-1-2-4-8(7)9;1-4(2)3/h1-4,9-11H,5-6H2;4H,1-3H3/t9-;/m0./s1. The third-order valence-corrected chi connectivity index (χ3v) is 2.60. The van der Waals surface area contributed by atoms with Crippen molar-refractivity contribution in [2.45, 2.75) is 39.7 Å². The summed E-state index contributed by atoms with van der Waals surface area (Å²) in [4.78, 5) is 0. The summed E-state index contributed by atoms with van der Waals surface area (Å²) in [5.74, 6) is 0.833. The first-order valence-electron chi connectivity index (χ1n) is 5.62. The number of hydrogen-bond acceptors (Lipinski definition) is 2. The SMILES string of the molecule is CC(C)C.SN[C@H]1CCc2ccccc21. The van der Waals surface area contributed by atoms with E-state index in [1.54, 1.807) is 0 Å². The fourth-order valence-corrected chi connectivity index (χ4v) is 1.96. The highest BCUT2D eigenvalue weighted by molar-refractivity contribution is 7.78. The molecule has 2 heteroatoms. The summed E-state index contributed by atoms with van der Waals surface area (Å²) >= 11 is 4.09. The lowest BCUT2D eigenvalue weighted by atomic mass is 10.1. The lowest BCUT2D eigenvalue weighted by molar-refractivity contribution is 0.670. The van der Waals surface area contributed by atoms with E-state index in [0.717, 1.165) is 5.92 Å². The molecule has 1 aromatic rings. The summed E-state index contributed by atoms with van der Waals surface area (Å²) in [7, 11) is 0. The predicted molar refractivity (Wildman–Crippen MR) is 70.1 cm³/mol. The van der Waals surface area contributed by atoms with Gasteiger partial charge in [-0.2, -0.15) is 0 Å². The lowest BCUT2D eigenvalue weighted by Gasteiger charge is -2.07. The third kappa shape index (κ3) is 3.88. The minimum absolute atomic E-state index is 0.467. The summed E-state index contributed by atoms with van der Waals surface area (Å²) in [6.07, 6.45) is 2.37. The van der Waals surface area contributed by atoms with Gasteiger partial charge in [0.25, 0.3) is 0 Å². The van der Waals surface area contributed by atoms with Crippen LogP contribution in [0.4, 0.5) is 0 Å². The van der Waals surface area contributed by atoms with Gasteiger partial charge in [0.05, 0.1) is 0 Å². The van der Waals surface area contributed by atoms with Crippen molar-refractivity contribution < 1.29 is 0 Å². The molecule has 0 aliphatic heterocycles. The Bertz CT molecular complexity index is 294. The average molecular weight is 223 g/mol. The zero-order valence-corrected chi connectivity index (χ0v) is 10.7. The number of hydrogen-bond donors (Lipinski definition) is 2. The lowest BCUT2D eigenvalue weighted by Crippen LogP contribution is -2.06. The molecule has 0 saturated heterocycles. The van der Waals surface area contributed by atoms with Crippen LogP contribution in [0.15, 0.2) is 24.3 Å². The molecule has 0 bridgehead atoms. The Morgan fingerprint density at radius 3 is 2.47 bits per heavy atom. The van der Waals surface area contributed by atoms with Crippen molar-refractivity contribution in [2.24, 2.45) is 5.92 Å². The number of nitrogens with one attached hydrogen (secondary N) is 1. The first-order valence-corrected chi connectivity index (χ1v) is 6.07. The molecule has 0 fully saturated rings. The molecule has 0 saturated carbocycles. The maximum absolute atomic E-state index is 4.09. The Labute approximate surface area is 98.8 Å². The van der Waals surface area contributed by atoms with Gasteiger partial charge in [-0.3, -0.25) is 4.72 Å². The van der Waals surface area contributed by atoms with Gasteiger partial charge in [-0.25, -0.2) is 0 Å². The molecule has 15 heavy (non-hydrogen) atoms. The summed E-state index contributed by atoms with van der Waals surface area (Å²) in [6.45, 7) is 6.50. The number of rotatable bonds is 1. The molecule has 0 aromatic heterocycles. The maximum atomic E-state index is 4.09. The molecule has 1 nitrogen and oxygen atoms in total. The Morgan fingerprint density at radius 1 is 1.27 bits per heavy atom. The van der Waals surface area contributed by atoms with Gasteiger partial charge in [-0.1, -0.05) is 57.9 Å². The zero-order valence-electron chi connectivity index (χ0n) is 9.83. The van der Waals surface area contributed by atoms with Crippen LogP contribution in [0.5, 0.6) is 0 Å². The second-order valence-electron chi connectivity index (χ2n) is 4.65. The summed E-state index contributed by atoms with van der Waals surface area (Å²) in [5, 5.41) is 0. The van der Waals surface area contributed by atoms with Crippen LogP contribution >= 0.6 is 12.8 Å². The van der Waals surface area contributed by atoms with Gasteiger partial charge in [0, 0.05) is 6.04 Å². The fraction of sp³-hybridized carbons (Fsp3) is 0.538. The number of fused-ring (bicyclic) bond motifs is 1. The largest absolute Gasteiger partial charge is 0.259 e. The molecule has 0 radical (unpaired) electrons. The van der Waals surface area contributed by atoms with Crippen LogP contribution in [0.3, 0.4) is 0 Å². The molecule has 1 aromatic carbocycles. The summed E-state index contributed by atoms with van der Waals surface area (Å²) in [5.41, 5.74) is 2.89. The molecule has 1 N–H and O–H groups in total. The van der Waals surface area contributed by atoms with Gasteiger partial charge in [0.1, 0.15) is 0 Å². The van der Waals surface area contributed by atoms with Crippen LogP contribution in [0.25, 0.3) is 0 Å². The monoisotopic (exact) mass is 223 g/mol. The van der Waals surface area contributed by atoms with Crippen molar-refractivity contribution in [1.82, 2.24) is 4.72 Å². The van der Waals surface area contributed by atoms with Gasteiger partial charge < -0.3 is 0 Å². The number of aryl methyl sites for hydroxylation is 1. The van der Waals surface area contributed by atoms with Gasteiger partial charge >= 0.3 is 0 Å². The van der Waals surface area contributed by atoms with Crippen LogP contribution in [-0.4, -0.2) is 0 Å². The molecule has 84 valence electrons. The molecule has 0 spiro atoms. The van der Waals surface area contributed by atoms with Crippen LogP contribution < -0.4 is 4.72 Å². The van der Waals surface area contributed by atoms with E-state index in [4.69, 9.17) is 0 Å². The minimum atomic E-state index is 0.467. The van der Waals surface area contributed by atoms with Crippen molar-refractivity contribution in [3.05, 3.63) is 35.4 Å². The van der Waals surface area contributed by atoms with Crippen LogP contribution in [0, 0.1) is 5.92 Å². The smallest absolute Gasteiger partial charge is 0.0425 e. The highest BCUT2D eigenvalue weighted by atomic mass is 32.1. The quantitative estimate of drug-likeness (QED) is 0.691. The molecular weight excluding hydrogens is 202 g/mol. The van der Waals surface area contributed by atoms with Gasteiger partial charge in [-0.15, -0.1) is 0 Å². The first-order chi connectivity index (χ1) is 7.15. The summed E-state index contributed by atoms with van der Waals surface area (Å²) in [6, 6.07) is 9.02. The Hall–Kier alpha value is -0.470. The fourth-order valence-electron chi connectivity index (χ4n) is 1.69. The first kappa shape index (κ1) is 12.6. The zero-order chi connectivity index (χ0) is 11.3. The van der Waals surface area contributed by atoms with Crippen LogP contribution in [-0.2, 0) is 6.42 Å². The topological polar surface area (TPSA) is 12.0 Å². The van der Waals surface area contributed by atoms with E-state index in [1.165, 1.54) is 24.0 Å². The molecular formula is C13H21NS. The van der Waals surface area contributed by atoms with Crippen LogP contribution in [0.1, 0.15) is 44.4 Å². The number of thiol groups is 1. The Morgan fingerprint density at radius 2 is 1.87 bits per heavy atom. The molecule has 0 heterocycles. The van der Waals surface area contributed by atoms with E-state index in [1.807, 2.05) is 0 Å².